The SMILES string of the molecule is COc1cc(OC)c(NC(=O)c2ccc(Cl)s2)cc1Cl. The second-order valence-electron chi connectivity index (χ2n) is 3.74. The predicted molar refractivity (Wildman–Crippen MR) is 81.8 cm³/mol. The topological polar surface area (TPSA) is 47.6 Å². The number of halogens is 2. The Morgan fingerprint density at radius 2 is 1.85 bits per heavy atom. The smallest absolute Gasteiger partial charge is 0.265 e. The third kappa shape index (κ3) is 3.17. The monoisotopic (exact) mass is 331 g/mol. The molecule has 4 nitrogen and oxygen atoms in total. The van der Waals surface area contributed by atoms with Crippen LogP contribution in [0.4, 0.5) is 5.69 Å². The summed E-state index contributed by atoms with van der Waals surface area (Å²) in [7, 11) is 3.01. The van der Waals surface area contributed by atoms with Crippen molar-refractivity contribution in [3.8, 4) is 11.5 Å². The molecule has 1 N–H and O–H groups in total. The average Bonchev–Trinajstić information content (AvgIpc) is 2.86. The molecule has 0 aliphatic heterocycles. The minimum atomic E-state index is -0.276. The van der Waals surface area contributed by atoms with Gasteiger partial charge < -0.3 is 14.8 Å². The number of benzene rings is 1. The normalized spacial score (nSPS) is 10.2. The summed E-state index contributed by atoms with van der Waals surface area (Å²) >= 11 is 13.0. The molecule has 2 aromatic rings. The molecular weight excluding hydrogens is 321 g/mol. The van der Waals surface area contributed by atoms with E-state index in [0.717, 1.165) is 0 Å². The number of hydrogen-bond acceptors (Lipinski definition) is 4. The van der Waals surface area contributed by atoms with E-state index in [4.69, 9.17) is 32.7 Å². The van der Waals surface area contributed by atoms with Crippen molar-refractivity contribution in [3.05, 3.63) is 38.5 Å². The molecule has 0 aliphatic carbocycles. The lowest BCUT2D eigenvalue weighted by Crippen LogP contribution is -2.11. The van der Waals surface area contributed by atoms with Gasteiger partial charge in [-0.1, -0.05) is 23.2 Å². The Kier molecular flexibility index (Phi) is 4.75. The zero-order chi connectivity index (χ0) is 14.7. The summed E-state index contributed by atoms with van der Waals surface area (Å²) in [6, 6.07) is 6.50. The summed E-state index contributed by atoms with van der Waals surface area (Å²) in [6.45, 7) is 0. The number of anilines is 1. The minimum Gasteiger partial charge on any atom is -0.495 e. The molecule has 0 unspecified atom stereocenters. The number of rotatable bonds is 4. The van der Waals surface area contributed by atoms with Gasteiger partial charge in [0.1, 0.15) is 11.5 Å². The number of methoxy groups -OCH3 is 2. The molecule has 0 saturated carbocycles. The highest BCUT2D eigenvalue weighted by atomic mass is 35.5. The third-order valence-electron chi connectivity index (χ3n) is 2.52. The van der Waals surface area contributed by atoms with E-state index in [0.29, 0.717) is 31.4 Å². The number of nitrogens with one attached hydrogen (secondary N) is 1. The summed E-state index contributed by atoms with van der Waals surface area (Å²) in [5.74, 6) is 0.657. The van der Waals surface area contributed by atoms with E-state index in [1.165, 1.54) is 25.6 Å². The zero-order valence-corrected chi connectivity index (χ0v) is 13.0. The van der Waals surface area contributed by atoms with E-state index >= 15 is 0 Å². The van der Waals surface area contributed by atoms with E-state index in [9.17, 15) is 4.79 Å². The minimum absolute atomic E-state index is 0.276. The van der Waals surface area contributed by atoms with Gasteiger partial charge in [0.15, 0.2) is 0 Å². The first kappa shape index (κ1) is 15.0. The first-order valence-electron chi connectivity index (χ1n) is 5.53. The molecule has 0 bridgehead atoms. The Morgan fingerprint density at radius 3 is 2.40 bits per heavy atom. The lowest BCUT2D eigenvalue weighted by Gasteiger charge is -2.12. The summed E-state index contributed by atoms with van der Waals surface area (Å²) in [5, 5.41) is 3.11. The van der Waals surface area contributed by atoms with Crippen molar-refractivity contribution in [2.45, 2.75) is 0 Å². The highest BCUT2D eigenvalue weighted by Gasteiger charge is 2.14. The summed E-state index contributed by atoms with van der Waals surface area (Å²) in [6.07, 6.45) is 0. The molecule has 7 heteroatoms. The van der Waals surface area contributed by atoms with Gasteiger partial charge in [-0.25, -0.2) is 0 Å². The standard InChI is InChI=1S/C13H11Cl2NO3S/c1-18-9-6-10(19-2)8(5-7(9)14)16-13(17)11-3-4-12(15)20-11/h3-6H,1-2H3,(H,16,17). The molecule has 0 radical (unpaired) electrons. The third-order valence-corrected chi connectivity index (χ3v) is 4.04. The number of carbonyl (C=O) groups excluding carboxylic acids is 1. The maximum Gasteiger partial charge on any atom is 0.265 e. The van der Waals surface area contributed by atoms with Crippen LogP contribution in [-0.2, 0) is 0 Å². The Morgan fingerprint density at radius 1 is 1.15 bits per heavy atom. The Bertz CT molecular complexity index is 643. The quantitative estimate of drug-likeness (QED) is 0.907. The van der Waals surface area contributed by atoms with Crippen LogP contribution in [0.15, 0.2) is 24.3 Å². The maximum atomic E-state index is 12.1. The van der Waals surface area contributed by atoms with Crippen molar-refractivity contribution in [1.82, 2.24) is 0 Å². The maximum absolute atomic E-state index is 12.1. The van der Waals surface area contributed by atoms with Crippen LogP contribution in [0.25, 0.3) is 0 Å². The molecule has 0 spiro atoms. The Hall–Kier alpha value is -1.43. The molecule has 20 heavy (non-hydrogen) atoms. The van der Waals surface area contributed by atoms with Crippen molar-refractivity contribution < 1.29 is 14.3 Å². The number of ether oxygens (including phenoxy) is 2. The fourth-order valence-corrected chi connectivity index (χ4v) is 2.76. The van der Waals surface area contributed by atoms with E-state index in [-0.39, 0.29) is 5.91 Å². The molecule has 2 rings (SSSR count). The highest BCUT2D eigenvalue weighted by Crippen LogP contribution is 2.36. The molecule has 1 aromatic heterocycles. The van der Waals surface area contributed by atoms with E-state index < -0.39 is 0 Å². The highest BCUT2D eigenvalue weighted by molar-refractivity contribution is 7.18. The number of amides is 1. The van der Waals surface area contributed by atoms with Crippen molar-refractivity contribution in [2.75, 3.05) is 19.5 Å². The molecule has 0 atom stereocenters. The zero-order valence-electron chi connectivity index (χ0n) is 10.7. The van der Waals surface area contributed by atoms with Crippen molar-refractivity contribution in [2.24, 2.45) is 0 Å². The Balaban J connectivity index is 2.28. The van der Waals surface area contributed by atoms with Gasteiger partial charge in [0.05, 0.1) is 34.1 Å². The first-order chi connectivity index (χ1) is 9.55. The van der Waals surface area contributed by atoms with Crippen LogP contribution in [0.3, 0.4) is 0 Å². The van der Waals surface area contributed by atoms with Gasteiger partial charge in [0, 0.05) is 6.07 Å². The van der Waals surface area contributed by atoms with Crippen LogP contribution in [0.2, 0.25) is 9.36 Å². The molecule has 1 aromatic carbocycles. The molecule has 0 saturated heterocycles. The van der Waals surface area contributed by atoms with Gasteiger partial charge in [0.25, 0.3) is 5.91 Å². The lowest BCUT2D eigenvalue weighted by atomic mass is 10.2. The number of hydrogen-bond donors (Lipinski definition) is 1. The van der Waals surface area contributed by atoms with Gasteiger partial charge in [-0.15, -0.1) is 11.3 Å². The van der Waals surface area contributed by atoms with Crippen LogP contribution in [0.1, 0.15) is 9.67 Å². The summed E-state index contributed by atoms with van der Waals surface area (Å²) in [5.41, 5.74) is 0.466. The van der Waals surface area contributed by atoms with E-state index in [1.807, 2.05) is 0 Å². The summed E-state index contributed by atoms with van der Waals surface area (Å²) < 4.78 is 10.9. The van der Waals surface area contributed by atoms with Crippen molar-refractivity contribution >= 4 is 46.1 Å². The molecule has 0 aliphatic rings. The van der Waals surface area contributed by atoms with Gasteiger partial charge >= 0.3 is 0 Å². The molecule has 0 fully saturated rings. The van der Waals surface area contributed by atoms with Crippen molar-refractivity contribution in [1.29, 1.82) is 0 Å². The van der Waals surface area contributed by atoms with Crippen LogP contribution in [-0.4, -0.2) is 20.1 Å². The first-order valence-corrected chi connectivity index (χ1v) is 7.10. The van der Waals surface area contributed by atoms with Gasteiger partial charge in [-0.05, 0) is 18.2 Å². The number of thiophene rings is 1. The van der Waals surface area contributed by atoms with E-state index in [1.54, 1.807) is 24.3 Å². The fraction of sp³-hybridized carbons (Fsp3) is 0.154. The molecule has 106 valence electrons. The largest absolute Gasteiger partial charge is 0.495 e. The van der Waals surface area contributed by atoms with Gasteiger partial charge in [-0.2, -0.15) is 0 Å². The second kappa shape index (κ2) is 6.35. The molecule has 1 amide bonds. The molecule has 1 heterocycles. The summed E-state index contributed by atoms with van der Waals surface area (Å²) in [4.78, 5) is 12.6. The fourth-order valence-electron chi connectivity index (χ4n) is 1.58. The van der Waals surface area contributed by atoms with Crippen LogP contribution in [0.5, 0.6) is 11.5 Å². The van der Waals surface area contributed by atoms with E-state index in [2.05, 4.69) is 5.32 Å². The van der Waals surface area contributed by atoms with Crippen LogP contribution >= 0.6 is 34.5 Å². The second-order valence-corrected chi connectivity index (χ2v) is 5.87. The lowest BCUT2D eigenvalue weighted by molar-refractivity contribution is 0.103. The average molecular weight is 332 g/mol. The number of carbonyl (C=O) groups is 1. The van der Waals surface area contributed by atoms with Gasteiger partial charge in [-0.3, -0.25) is 4.79 Å². The predicted octanol–water partition coefficient (Wildman–Crippen LogP) is 4.32. The molecular formula is C13H11Cl2NO3S. The van der Waals surface area contributed by atoms with Gasteiger partial charge in [0.2, 0.25) is 0 Å². The van der Waals surface area contributed by atoms with Crippen molar-refractivity contribution in [3.63, 3.8) is 0 Å². The van der Waals surface area contributed by atoms with Crippen LogP contribution in [0, 0.1) is 0 Å². The Labute approximate surface area is 130 Å². The van der Waals surface area contributed by atoms with Crippen LogP contribution < -0.4 is 14.8 Å².